The van der Waals surface area contributed by atoms with Gasteiger partial charge in [0.1, 0.15) is 11.6 Å². The van der Waals surface area contributed by atoms with Crippen LogP contribution < -0.4 is 20.3 Å². The number of nitrogens with zero attached hydrogens (tertiary/aromatic N) is 1. The molecule has 2 aromatic rings. The van der Waals surface area contributed by atoms with E-state index in [1.807, 2.05) is 0 Å². The topological polar surface area (TPSA) is 87.7 Å². The monoisotopic (exact) mass is 405 g/mol. The van der Waals surface area contributed by atoms with Crippen LogP contribution in [0.2, 0.25) is 5.02 Å². The van der Waals surface area contributed by atoms with Gasteiger partial charge in [-0.3, -0.25) is 14.4 Å². The lowest BCUT2D eigenvalue weighted by atomic mass is 10.2. The van der Waals surface area contributed by atoms with E-state index in [9.17, 15) is 18.8 Å². The molecule has 3 amide bonds. The highest BCUT2D eigenvalue weighted by atomic mass is 35.5. The molecule has 2 N–H and O–H groups in total. The summed E-state index contributed by atoms with van der Waals surface area (Å²) in [7, 11) is 1.45. The Labute approximate surface area is 165 Å². The van der Waals surface area contributed by atoms with E-state index in [0.29, 0.717) is 30.1 Å². The Bertz CT molecular complexity index is 951. The average Bonchev–Trinajstić information content (AvgIpc) is 3.10. The molecule has 1 aliphatic heterocycles. The van der Waals surface area contributed by atoms with Crippen LogP contribution in [0.3, 0.4) is 0 Å². The molecule has 0 aliphatic carbocycles. The number of carbonyl (C=O) groups excluding carboxylic acids is 3. The van der Waals surface area contributed by atoms with Crippen LogP contribution in [0.15, 0.2) is 36.4 Å². The van der Waals surface area contributed by atoms with Crippen molar-refractivity contribution in [1.29, 1.82) is 0 Å². The van der Waals surface area contributed by atoms with E-state index in [1.165, 1.54) is 25.3 Å². The third-order valence-corrected chi connectivity index (χ3v) is 4.48. The zero-order valence-electron chi connectivity index (χ0n) is 14.9. The molecule has 0 unspecified atom stereocenters. The second kappa shape index (κ2) is 8.26. The van der Waals surface area contributed by atoms with E-state index < -0.39 is 17.6 Å². The molecular formula is C19H17ClFN3O4. The number of nitrogens with one attached hydrogen (secondary N) is 2. The number of rotatable bonds is 4. The summed E-state index contributed by atoms with van der Waals surface area (Å²) in [5.74, 6) is -2.09. The Kier molecular flexibility index (Phi) is 5.79. The predicted octanol–water partition coefficient (Wildman–Crippen LogP) is 3.19. The summed E-state index contributed by atoms with van der Waals surface area (Å²) < 4.78 is 18.5. The molecular weight excluding hydrogens is 389 g/mol. The molecule has 3 rings (SSSR count). The number of amides is 3. The van der Waals surface area contributed by atoms with Crippen molar-refractivity contribution in [1.82, 2.24) is 0 Å². The van der Waals surface area contributed by atoms with Crippen molar-refractivity contribution in [2.75, 3.05) is 29.2 Å². The van der Waals surface area contributed by atoms with E-state index in [-0.39, 0.29) is 16.6 Å². The highest BCUT2D eigenvalue weighted by Crippen LogP contribution is 2.33. The number of methoxy groups -OCH3 is 1. The van der Waals surface area contributed by atoms with E-state index in [4.69, 9.17) is 16.3 Å². The second-order valence-electron chi connectivity index (χ2n) is 6.07. The van der Waals surface area contributed by atoms with Gasteiger partial charge in [0.05, 0.1) is 17.8 Å². The van der Waals surface area contributed by atoms with Crippen molar-refractivity contribution in [3.63, 3.8) is 0 Å². The smallest absolute Gasteiger partial charge is 0.314 e. The fourth-order valence-electron chi connectivity index (χ4n) is 2.83. The number of hydrogen-bond donors (Lipinski definition) is 2. The van der Waals surface area contributed by atoms with Gasteiger partial charge in [-0.15, -0.1) is 0 Å². The highest BCUT2D eigenvalue weighted by Gasteiger charge is 2.25. The van der Waals surface area contributed by atoms with Crippen molar-refractivity contribution in [2.45, 2.75) is 12.8 Å². The van der Waals surface area contributed by atoms with E-state index >= 15 is 0 Å². The third-order valence-electron chi connectivity index (χ3n) is 4.19. The molecule has 0 atom stereocenters. The first-order chi connectivity index (χ1) is 13.4. The number of carbonyl (C=O) groups is 3. The van der Waals surface area contributed by atoms with Crippen molar-refractivity contribution in [3.8, 4) is 5.75 Å². The first kappa shape index (κ1) is 19.6. The molecule has 0 radical (unpaired) electrons. The fourth-order valence-corrected chi connectivity index (χ4v) is 3.01. The van der Waals surface area contributed by atoms with Gasteiger partial charge in [0, 0.05) is 30.4 Å². The molecule has 2 aromatic carbocycles. The minimum Gasteiger partial charge on any atom is -0.494 e. The third kappa shape index (κ3) is 4.23. The molecule has 9 heteroatoms. The quantitative estimate of drug-likeness (QED) is 0.765. The predicted molar refractivity (Wildman–Crippen MR) is 103 cm³/mol. The second-order valence-corrected chi connectivity index (χ2v) is 6.48. The lowest BCUT2D eigenvalue weighted by Gasteiger charge is -2.19. The number of halogens is 2. The maximum absolute atomic E-state index is 13.2. The Morgan fingerprint density at radius 3 is 2.32 bits per heavy atom. The molecule has 1 saturated heterocycles. The van der Waals surface area contributed by atoms with E-state index in [2.05, 4.69) is 10.6 Å². The van der Waals surface area contributed by atoms with Gasteiger partial charge in [-0.25, -0.2) is 4.39 Å². The first-order valence-electron chi connectivity index (χ1n) is 8.45. The van der Waals surface area contributed by atoms with Crippen LogP contribution in [0, 0.1) is 5.82 Å². The number of hydrogen-bond acceptors (Lipinski definition) is 4. The van der Waals surface area contributed by atoms with Crippen LogP contribution >= 0.6 is 11.6 Å². The standard InChI is InChI=1S/C19H17ClFN3O4/c1-28-16-10-12(5-7-15(16)24-8-2-3-17(24)25)23-19(27)18(26)22-11-4-6-14(21)13(20)9-11/h4-7,9-10H,2-3,8H2,1H3,(H,22,26)(H,23,27). The van der Waals surface area contributed by atoms with Crippen molar-refractivity contribution < 1.29 is 23.5 Å². The molecule has 0 bridgehead atoms. The summed E-state index contributed by atoms with van der Waals surface area (Å²) in [6.45, 7) is 0.601. The average molecular weight is 406 g/mol. The normalized spacial score (nSPS) is 13.4. The van der Waals surface area contributed by atoms with Crippen molar-refractivity contribution in [3.05, 3.63) is 47.2 Å². The van der Waals surface area contributed by atoms with Crippen LogP contribution in [0.25, 0.3) is 0 Å². The maximum atomic E-state index is 13.2. The summed E-state index contributed by atoms with van der Waals surface area (Å²) in [5, 5.41) is 4.61. The molecule has 0 saturated carbocycles. The maximum Gasteiger partial charge on any atom is 0.314 e. The lowest BCUT2D eigenvalue weighted by molar-refractivity contribution is -0.132. The summed E-state index contributed by atoms with van der Waals surface area (Å²) in [4.78, 5) is 37.7. The molecule has 146 valence electrons. The van der Waals surface area contributed by atoms with Gasteiger partial charge in [-0.2, -0.15) is 0 Å². The van der Waals surface area contributed by atoms with Gasteiger partial charge < -0.3 is 20.3 Å². The minimum atomic E-state index is -0.944. The largest absolute Gasteiger partial charge is 0.494 e. The molecule has 0 aromatic heterocycles. The summed E-state index contributed by atoms with van der Waals surface area (Å²) >= 11 is 5.65. The zero-order chi connectivity index (χ0) is 20.3. The van der Waals surface area contributed by atoms with Gasteiger partial charge in [-0.1, -0.05) is 11.6 Å². The zero-order valence-corrected chi connectivity index (χ0v) is 15.7. The first-order valence-corrected chi connectivity index (χ1v) is 8.82. The van der Waals surface area contributed by atoms with E-state index in [1.54, 1.807) is 17.0 Å². The van der Waals surface area contributed by atoms with Crippen LogP contribution in [0.4, 0.5) is 21.5 Å². The fraction of sp³-hybridized carbons (Fsp3) is 0.211. The van der Waals surface area contributed by atoms with Gasteiger partial charge >= 0.3 is 11.8 Å². The highest BCUT2D eigenvalue weighted by molar-refractivity contribution is 6.43. The molecule has 1 fully saturated rings. The Balaban J connectivity index is 1.70. The Hall–Kier alpha value is -3.13. The summed E-state index contributed by atoms with van der Waals surface area (Å²) in [6.07, 6.45) is 1.25. The molecule has 28 heavy (non-hydrogen) atoms. The Morgan fingerprint density at radius 1 is 1.11 bits per heavy atom. The van der Waals surface area contributed by atoms with Gasteiger partial charge in [0.25, 0.3) is 0 Å². The molecule has 0 spiro atoms. The summed E-state index contributed by atoms with van der Waals surface area (Å²) in [5.41, 5.74) is 1.12. The number of anilines is 3. The van der Waals surface area contributed by atoms with Crippen LogP contribution in [-0.2, 0) is 14.4 Å². The van der Waals surface area contributed by atoms with Crippen LogP contribution in [0.1, 0.15) is 12.8 Å². The SMILES string of the molecule is COc1cc(NC(=O)C(=O)Nc2ccc(F)c(Cl)c2)ccc1N1CCCC1=O. The van der Waals surface area contributed by atoms with Gasteiger partial charge in [0.2, 0.25) is 5.91 Å². The molecule has 1 heterocycles. The van der Waals surface area contributed by atoms with Crippen LogP contribution in [-0.4, -0.2) is 31.4 Å². The van der Waals surface area contributed by atoms with Gasteiger partial charge in [-0.05, 0) is 36.8 Å². The van der Waals surface area contributed by atoms with Crippen LogP contribution in [0.5, 0.6) is 5.75 Å². The van der Waals surface area contributed by atoms with Gasteiger partial charge in [0.15, 0.2) is 0 Å². The molecule has 1 aliphatic rings. The lowest BCUT2D eigenvalue weighted by Crippen LogP contribution is -2.29. The molecule has 7 nitrogen and oxygen atoms in total. The minimum absolute atomic E-state index is 0.00687. The van der Waals surface area contributed by atoms with Crippen molar-refractivity contribution in [2.24, 2.45) is 0 Å². The number of ether oxygens (including phenoxy) is 1. The van der Waals surface area contributed by atoms with Crippen molar-refractivity contribution >= 4 is 46.4 Å². The Morgan fingerprint density at radius 2 is 1.75 bits per heavy atom. The summed E-state index contributed by atoms with van der Waals surface area (Å²) in [6, 6.07) is 8.32. The van der Waals surface area contributed by atoms with E-state index in [0.717, 1.165) is 12.5 Å². The number of benzene rings is 2.